The molecule has 5 nitrogen and oxygen atoms in total. The molecule has 1 aromatic heterocycles. The standard InChI is InChI=1S/C15H19N3O2/c1-15(11-7-9-16-10-8-11)13(19)18(14(20)17-15)12-5-3-2-4-6-12/h7-10,12H,2-6H2,1H3,(H,17,20). The maximum Gasteiger partial charge on any atom is 0.325 e. The zero-order valence-electron chi connectivity index (χ0n) is 11.6. The molecule has 1 aliphatic carbocycles. The van der Waals surface area contributed by atoms with Gasteiger partial charge in [0.2, 0.25) is 0 Å². The van der Waals surface area contributed by atoms with Crippen molar-refractivity contribution in [2.24, 2.45) is 0 Å². The number of rotatable bonds is 2. The Kier molecular flexibility index (Phi) is 3.20. The molecule has 1 N–H and O–H groups in total. The summed E-state index contributed by atoms with van der Waals surface area (Å²) in [6.45, 7) is 1.77. The van der Waals surface area contributed by atoms with E-state index < -0.39 is 5.54 Å². The fraction of sp³-hybridized carbons (Fsp3) is 0.533. The van der Waals surface area contributed by atoms with E-state index in [2.05, 4.69) is 10.3 Å². The van der Waals surface area contributed by atoms with Crippen LogP contribution in [-0.2, 0) is 10.3 Å². The normalized spacial score (nSPS) is 27.8. The molecule has 1 atom stereocenters. The fourth-order valence-corrected chi connectivity index (χ4v) is 3.21. The minimum atomic E-state index is -0.961. The second-order valence-corrected chi connectivity index (χ2v) is 5.76. The predicted molar refractivity (Wildman–Crippen MR) is 73.8 cm³/mol. The fourth-order valence-electron chi connectivity index (χ4n) is 3.21. The van der Waals surface area contributed by atoms with Crippen LogP contribution in [0.25, 0.3) is 0 Å². The smallest absolute Gasteiger partial charge is 0.319 e. The van der Waals surface area contributed by atoms with Crippen LogP contribution in [0.1, 0.15) is 44.6 Å². The van der Waals surface area contributed by atoms with E-state index in [1.165, 1.54) is 11.3 Å². The van der Waals surface area contributed by atoms with Crippen LogP contribution in [0, 0.1) is 0 Å². The monoisotopic (exact) mass is 273 g/mol. The summed E-state index contributed by atoms with van der Waals surface area (Å²) < 4.78 is 0. The first-order chi connectivity index (χ1) is 9.63. The Morgan fingerprint density at radius 1 is 1.20 bits per heavy atom. The maximum absolute atomic E-state index is 12.8. The van der Waals surface area contributed by atoms with Crippen molar-refractivity contribution >= 4 is 11.9 Å². The summed E-state index contributed by atoms with van der Waals surface area (Å²) in [6, 6.07) is 3.35. The van der Waals surface area contributed by atoms with Crippen molar-refractivity contribution in [2.75, 3.05) is 0 Å². The lowest BCUT2D eigenvalue weighted by Gasteiger charge is -2.29. The summed E-state index contributed by atoms with van der Waals surface area (Å²) in [5.74, 6) is -0.138. The number of aromatic nitrogens is 1. The highest BCUT2D eigenvalue weighted by Gasteiger charge is 2.51. The van der Waals surface area contributed by atoms with Gasteiger partial charge in [-0.2, -0.15) is 0 Å². The Bertz CT molecular complexity index is 525. The molecule has 1 unspecified atom stereocenters. The highest BCUT2D eigenvalue weighted by Crippen LogP contribution is 2.33. The Hall–Kier alpha value is -1.91. The van der Waals surface area contributed by atoms with E-state index in [0.717, 1.165) is 31.2 Å². The second-order valence-electron chi connectivity index (χ2n) is 5.76. The third-order valence-corrected chi connectivity index (χ3v) is 4.42. The van der Waals surface area contributed by atoms with Crippen molar-refractivity contribution in [1.29, 1.82) is 0 Å². The molecule has 2 heterocycles. The Morgan fingerprint density at radius 3 is 2.50 bits per heavy atom. The molecule has 2 aliphatic rings. The van der Waals surface area contributed by atoms with Crippen molar-refractivity contribution in [3.63, 3.8) is 0 Å². The van der Waals surface area contributed by atoms with Gasteiger partial charge in [-0.15, -0.1) is 0 Å². The number of hydrogen-bond acceptors (Lipinski definition) is 3. The lowest BCUT2D eigenvalue weighted by Crippen LogP contribution is -2.44. The molecule has 3 rings (SSSR count). The van der Waals surface area contributed by atoms with Crippen molar-refractivity contribution in [2.45, 2.75) is 50.6 Å². The molecular weight excluding hydrogens is 254 g/mol. The van der Waals surface area contributed by atoms with Crippen molar-refractivity contribution in [3.05, 3.63) is 30.1 Å². The van der Waals surface area contributed by atoms with Crippen LogP contribution in [-0.4, -0.2) is 27.9 Å². The van der Waals surface area contributed by atoms with Crippen LogP contribution in [0.4, 0.5) is 4.79 Å². The van der Waals surface area contributed by atoms with Gasteiger partial charge in [-0.25, -0.2) is 4.79 Å². The molecule has 0 spiro atoms. The minimum absolute atomic E-state index is 0.0555. The molecule has 5 heteroatoms. The number of carbonyl (C=O) groups excluding carboxylic acids is 2. The van der Waals surface area contributed by atoms with Crippen LogP contribution < -0.4 is 5.32 Å². The molecule has 3 amide bonds. The number of imide groups is 1. The molecule has 1 saturated heterocycles. The van der Waals surface area contributed by atoms with Crippen molar-refractivity contribution in [1.82, 2.24) is 15.2 Å². The van der Waals surface area contributed by atoms with Crippen LogP contribution in [0.2, 0.25) is 0 Å². The first-order valence-corrected chi connectivity index (χ1v) is 7.19. The largest absolute Gasteiger partial charge is 0.325 e. The molecule has 20 heavy (non-hydrogen) atoms. The van der Waals surface area contributed by atoms with E-state index in [1.807, 2.05) is 0 Å². The molecule has 2 fully saturated rings. The van der Waals surface area contributed by atoms with E-state index in [4.69, 9.17) is 0 Å². The Morgan fingerprint density at radius 2 is 1.85 bits per heavy atom. The summed E-state index contributed by atoms with van der Waals surface area (Å²) in [4.78, 5) is 30.4. The predicted octanol–water partition coefficient (Wildman–Crippen LogP) is 2.18. The molecule has 0 radical (unpaired) electrons. The second kappa shape index (κ2) is 4.89. The van der Waals surface area contributed by atoms with Gasteiger partial charge in [-0.1, -0.05) is 19.3 Å². The zero-order valence-corrected chi connectivity index (χ0v) is 11.6. The topological polar surface area (TPSA) is 62.3 Å². The SMILES string of the molecule is CC1(c2ccncc2)NC(=O)N(C2CCCCC2)C1=O. The first kappa shape index (κ1) is 13.1. The molecule has 1 aliphatic heterocycles. The average molecular weight is 273 g/mol. The Labute approximate surface area is 118 Å². The van der Waals surface area contributed by atoms with Gasteiger partial charge in [-0.3, -0.25) is 14.7 Å². The third kappa shape index (κ3) is 1.97. The van der Waals surface area contributed by atoms with Crippen LogP contribution >= 0.6 is 0 Å². The van der Waals surface area contributed by atoms with Crippen LogP contribution in [0.15, 0.2) is 24.5 Å². The molecule has 0 bridgehead atoms. The highest BCUT2D eigenvalue weighted by atomic mass is 16.2. The van der Waals surface area contributed by atoms with Crippen molar-refractivity contribution in [3.8, 4) is 0 Å². The van der Waals surface area contributed by atoms with Gasteiger partial charge in [0.15, 0.2) is 0 Å². The quantitative estimate of drug-likeness (QED) is 0.840. The lowest BCUT2D eigenvalue weighted by molar-refractivity contribution is -0.133. The van der Waals surface area contributed by atoms with Gasteiger partial charge in [0.05, 0.1) is 0 Å². The summed E-state index contributed by atoms with van der Waals surface area (Å²) in [5, 5.41) is 2.85. The van der Waals surface area contributed by atoms with E-state index in [9.17, 15) is 9.59 Å². The summed E-state index contributed by atoms with van der Waals surface area (Å²) in [5.41, 5.74) is -0.179. The summed E-state index contributed by atoms with van der Waals surface area (Å²) in [7, 11) is 0. The molecule has 1 aromatic rings. The molecule has 106 valence electrons. The number of pyridine rings is 1. The van der Waals surface area contributed by atoms with Crippen molar-refractivity contribution < 1.29 is 9.59 Å². The van der Waals surface area contributed by atoms with E-state index in [-0.39, 0.29) is 18.0 Å². The number of nitrogens with zero attached hydrogens (tertiary/aromatic N) is 2. The first-order valence-electron chi connectivity index (χ1n) is 7.19. The minimum Gasteiger partial charge on any atom is -0.319 e. The van der Waals surface area contributed by atoms with Gasteiger partial charge < -0.3 is 5.32 Å². The van der Waals surface area contributed by atoms with Crippen LogP contribution in [0.3, 0.4) is 0 Å². The molecular formula is C15H19N3O2. The van der Waals surface area contributed by atoms with Gasteiger partial charge >= 0.3 is 6.03 Å². The Balaban J connectivity index is 1.90. The lowest BCUT2D eigenvalue weighted by atomic mass is 9.90. The van der Waals surface area contributed by atoms with Gasteiger partial charge in [0.25, 0.3) is 5.91 Å². The number of amides is 3. The number of carbonyl (C=O) groups is 2. The van der Waals surface area contributed by atoms with Gasteiger partial charge in [0, 0.05) is 18.4 Å². The van der Waals surface area contributed by atoms with E-state index in [0.29, 0.717) is 0 Å². The number of hydrogen-bond donors (Lipinski definition) is 1. The summed E-state index contributed by atoms with van der Waals surface area (Å²) >= 11 is 0. The van der Waals surface area contributed by atoms with Crippen LogP contribution in [0.5, 0.6) is 0 Å². The number of urea groups is 1. The van der Waals surface area contributed by atoms with Gasteiger partial charge in [0.1, 0.15) is 5.54 Å². The number of nitrogens with one attached hydrogen (secondary N) is 1. The molecule has 1 saturated carbocycles. The zero-order chi connectivity index (χ0) is 14.2. The van der Waals surface area contributed by atoms with E-state index in [1.54, 1.807) is 31.5 Å². The summed E-state index contributed by atoms with van der Waals surface area (Å²) in [6.07, 6.45) is 8.51. The maximum atomic E-state index is 12.8. The molecule has 0 aromatic carbocycles. The van der Waals surface area contributed by atoms with Gasteiger partial charge in [-0.05, 0) is 37.5 Å². The van der Waals surface area contributed by atoms with E-state index >= 15 is 0 Å². The highest BCUT2D eigenvalue weighted by molar-refractivity contribution is 6.07. The third-order valence-electron chi connectivity index (χ3n) is 4.42. The average Bonchev–Trinajstić information content (AvgIpc) is 2.72.